The molecule has 0 saturated carbocycles. The van der Waals surface area contributed by atoms with Crippen LogP contribution in [0.3, 0.4) is 0 Å². The molecule has 52 heavy (non-hydrogen) atoms. The fourth-order valence-corrected chi connectivity index (χ4v) is 6.84. The molecular weight excluding hydrogens is 668 g/mol. The van der Waals surface area contributed by atoms with Crippen molar-refractivity contribution in [2.45, 2.75) is 64.3 Å². The average Bonchev–Trinajstić information content (AvgIpc) is 3.77. The fourth-order valence-electron chi connectivity index (χ4n) is 6.84. The van der Waals surface area contributed by atoms with E-state index < -0.39 is 24.4 Å². The fraction of sp³-hybridized carbons (Fsp3) is 0.415. The third kappa shape index (κ3) is 7.39. The van der Waals surface area contributed by atoms with Crippen LogP contribution in [0, 0.1) is 11.8 Å². The highest BCUT2D eigenvalue weighted by molar-refractivity contribution is 5.48. The first-order valence-electron chi connectivity index (χ1n) is 17.4. The second-order valence-corrected chi connectivity index (χ2v) is 13.3. The van der Waals surface area contributed by atoms with Gasteiger partial charge in [-0.15, -0.1) is 0 Å². The molecule has 0 bridgehead atoms. The van der Waals surface area contributed by atoms with Crippen molar-refractivity contribution in [2.24, 2.45) is 11.8 Å². The van der Waals surface area contributed by atoms with Gasteiger partial charge in [0.15, 0.2) is 46.0 Å². The van der Waals surface area contributed by atoms with Crippen LogP contribution in [-0.2, 0) is 4.74 Å². The van der Waals surface area contributed by atoms with Crippen LogP contribution in [0.15, 0.2) is 72.8 Å². The Morgan fingerprint density at radius 1 is 0.538 bits per heavy atom. The summed E-state index contributed by atoms with van der Waals surface area (Å²) in [4.78, 5) is 0. The van der Waals surface area contributed by atoms with Crippen LogP contribution in [0.2, 0.25) is 0 Å². The summed E-state index contributed by atoms with van der Waals surface area (Å²) in [7, 11) is 6.31. The molecule has 0 amide bonds. The molecule has 0 aliphatic carbocycles. The van der Waals surface area contributed by atoms with Crippen LogP contribution in [0.1, 0.15) is 74.4 Å². The smallest absolute Gasteiger partial charge is 0.231 e. The van der Waals surface area contributed by atoms with Crippen LogP contribution in [0.25, 0.3) is 0 Å². The Morgan fingerprint density at radius 3 is 1.50 bits per heavy atom. The van der Waals surface area contributed by atoms with Gasteiger partial charge in [0.1, 0.15) is 24.4 Å². The highest BCUT2D eigenvalue weighted by Crippen LogP contribution is 2.51. The maximum atomic E-state index is 11.1. The highest BCUT2D eigenvalue weighted by atomic mass is 16.7. The predicted molar refractivity (Wildman–Crippen MR) is 193 cm³/mol. The number of rotatable bonds is 14. The molecule has 1 saturated heterocycles. The molecule has 0 aromatic heterocycles. The molecule has 0 spiro atoms. The van der Waals surface area contributed by atoms with E-state index >= 15 is 0 Å². The number of methoxy groups -OCH3 is 4. The Morgan fingerprint density at radius 2 is 0.981 bits per heavy atom. The molecule has 2 heterocycles. The summed E-state index contributed by atoms with van der Waals surface area (Å²) in [6, 6.07) is 22.2. The average molecular weight is 717 g/mol. The largest absolute Gasteiger partial charge is 0.493 e. The van der Waals surface area contributed by atoms with Crippen LogP contribution in [-0.4, -0.2) is 57.7 Å². The minimum atomic E-state index is -0.930. The van der Waals surface area contributed by atoms with Gasteiger partial charge in [-0.05, 0) is 96.5 Å². The Kier molecular flexibility index (Phi) is 11.2. The molecule has 2 aliphatic rings. The minimum absolute atomic E-state index is 0.164. The summed E-state index contributed by atoms with van der Waals surface area (Å²) in [6.45, 7) is 8.14. The topological polar surface area (TPSA) is 124 Å². The van der Waals surface area contributed by atoms with Gasteiger partial charge < -0.3 is 52.8 Å². The van der Waals surface area contributed by atoms with Gasteiger partial charge in [0.25, 0.3) is 0 Å². The van der Waals surface area contributed by atoms with Crippen molar-refractivity contribution in [3.63, 3.8) is 0 Å². The minimum Gasteiger partial charge on any atom is -0.493 e. The van der Waals surface area contributed by atoms with E-state index in [2.05, 4.69) is 13.8 Å². The normalized spacial score (nSPS) is 21.5. The van der Waals surface area contributed by atoms with E-state index in [1.807, 2.05) is 43.3 Å². The van der Waals surface area contributed by atoms with Crippen molar-refractivity contribution in [3.05, 3.63) is 95.1 Å². The van der Waals surface area contributed by atoms with E-state index in [1.165, 1.54) is 0 Å². The number of ether oxygens (including phenoxy) is 9. The van der Waals surface area contributed by atoms with Crippen LogP contribution in [0.5, 0.6) is 46.0 Å². The van der Waals surface area contributed by atoms with E-state index in [-0.39, 0.29) is 30.8 Å². The standard InChI is InChI=1S/C41H48O11/c1-22-23(2)41(29-12-16-33(36(20-29)47-8)51-25(4)39(43)27-10-14-31-37(18-27)49-21-48-31)52-40(22)28-11-15-32(35(19-28)46-7)50-24(3)38(42)26-9-13-30(44-5)34(17-26)45-6/h9-20,22-25,38-43H,21H2,1-8H3/t22-,23-,24+,25-,38-,39+,40-,41+/m1/s1. The summed E-state index contributed by atoms with van der Waals surface area (Å²) in [6.07, 6.45) is -3.43. The molecule has 278 valence electrons. The Balaban J connectivity index is 1.14. The molecule has 2 aliphatic heterocycles. The number of hydrogen-bond acceptors (Lipinski definition) is 11. The molecule has 0 radical (unpaired) electrons. The first kappa shape index (κ1) is 36.9. The molecule has 8 atom stereocenters. The second kappa shape index (κ2) is 15.8. The molecule has 6 rings (SSSR count). The highest BCUT2D eigenvalue weighted by Gasteiger charge is 2.41. The summed E-state index contributed by atoms with van der Waals surface area (Å²) in [5.41, 5.74) is 3.22. The van der Waals surface area contributed by atoms with Crippen molar-refractivity contribution < 1.29 is 52.8 Å². The summed E-state index contributed by atoms with van der Waals surface area (Å²) in [5.74, 6) is 4.80. The Hall–Kier alpha value is -4.84. The maximum absolute atomic E-state index is 11.1. The molecule has 1 fully saturated rings. The first-order chi connectivity index (χ1) is 25.1. The van der Waals surface area contributed by atoms with Gasteiger partial charge >= 0.3 is 0 Å². The molecule has 11 heteroatoms. The lowest BCUT2D eigenvalue weighted by Gasteiger charge is -2.24. The lowest BCUT2D eigenvalue weighted by molar-refractivity contribution is 0.0281. The monoisotopic (exact) mass is 716 g/mol. The van der Waals surface area contributed by atoms with Crippen molar-refractivity contribution in [1.82, 2.24) is 0 Å². The zero-order chi connectivity index (χ0) is 37.1. The molecular formula is C41H48O11. The Bertz CT molecular complexity index is 1840. The first-order valence-corrected chi connectivity index (χ1v) is 17.4. The van der Waals surface area contributed by atoms with E-state index in [1.54, 1.807) is 71.8 Å². The SMILES string of the molecule is COc1ccc([C@H](O)[C@H](C)Oc2ccc([C@@H]3O[C@H](c4ccc(O[C@H](C)[C@H](O)c5ccc6c(c5)OCO6)c(OC)c4)[C@H](C)[C@H]3C)cc2OC)cc1OC. The molecule has 4 aromatic rings. The van der Waals surface area contributed by atoms with Gasteiger partial charge in [0, 0.05) is 0 Å². The van der Waals surface area contributed by atoms with Gasteiger partial charge in [0.05, 0.1) is 40.6 Å². The number of hydrogen-bond donors (Lipinski definition) is 2. The number of benzene rings is 4. The summed E-state index contributed by atoms with van der Waals surface area (Å²) in [5, 5.41) is 22.2. The number of aliphatic hydroxyl groups excluding tert-OH is 2. The number of fused-ring (bicyclic) bond motifs is 1. The zero-order valence-corrected chi connectivity index (χ0v) is 30.8. The quantitative estimate of drug-likeness (QED) is 0.135. The zero-order valence-electron chi connectivity index (χ0n) is 30.8. The van der Waals surface area contributed by atoms with Gasteiger partial charge in [0.2, 0.25) is 6.79 Å². The lowest BCUT2D eigenvalue weighted by Crippen LogP contribution is -2.22. The van der Waals surface area contributed by atoms with Crippen molar-refractivity contribution in [1.29, 1.82) is 0 Å². The van der Waals surface area contributed by atoms with Crippen molar-refractivity contribution in [3.8, 4) is 46.0 Å². The molecule has 2 N–H and O–H groups in total. The van der Waals surface area contributed by atoms with E-state index in [0.717, 1.165) is 11.1 Å². The van der Waals surface area contributed by atoms with E-state index in [0.29, 0.717) is 57.1 Å². The number of aliphatic hydroxyl groups is 2. The van der Waals surface area contributed by atoms with Crippen molar-refractivity contribution >= 4 is 0 Å². The van der Waals surface area contributed by atoms with Gasteiger partial charge in [-0.25, -0.2) is 0 Å². The molecule has 0 unspecified atom stereocenters. The molecule has 11 nitrogen and oxygen atoms in total. The van der Waals surface area contributed by atoms with Crippen LogP contribution >= 0.6 is 0 Å². The Labute approximate surface area is 304 Å². The third-order valence-corrected chi connectivity index (χ3v) is 10.1. The van der Waals surface area contributed by atoms with Crippen molar-refractivity contribution in [2.75, 3.05) is 35.2 Å². The van der Waals surface area contributed by atoms with E-state index in [9.17, 15) is 10.2 Å². The summed E-state index contributed by atoms with van der Waals surface area (Å²) < 4.78 is 52.3. The second-order valence-electron chi connectivity index (χ2n) is 13.3. The molecule has 4 aromatic carbocycles. The predicted octanol–water partition coefficient (Wildman–Crippen LogP) is 7.54. The van der Waals surface area contributed by atoms with Gasteiger partial charge in [-0.2, -0.15) is 0 Å². The van der Waals surface area contributed by atoms with E-state index in [4.69, 9.17) is 42.6 Å². The van der Waals surface area contributed by atoms with Gasteiger partial charge in [-0.1, -0.05) is 38.1 Å². The van der Waals surface area contributed by atoms with Crippen LogP contribution < -0.4 is 37.9 Å². The summed E-state index contributed by atoms with van der Waals surface area (Å²) >= 11 is 0. The third-order valence-electron chi connectivity index (χ3n) is 10.1. The lowest BCUT2D eigenvalue weighted by atomic mass is 9.85. The maximum Gasteiger partial charge on any atom is 0.231 e. The van der Waals surface area contributed by atoms with Crippen LogP contribution in [0.4, 0.5) is 0 Å². The van der Waals surface area contributed by atoms with Gasteiger partial charge in [-0.3, -0.25) is 0 Å².